The predicted octanol–water partition coefficient (Wildman–Crippen LogP) is 3.58. The van der Waals surface area contributed by atoms with Crippen LogP contribution in [-0.2, 0) is 0 Å². The highest BCUT2D eigenvalue weighted by molar-refractivity contribution is 6.41. The first-order valence-corrected chi connectivity index (χ1v) is 6.33. The van der Waals surface area contributed by atoms with Gasteiger partial charge < -0.3 is 15.4 Å². The number of anilines is 1. The van der Waals surface area contributed by atoms with Gasteiger partial charge in [0, 0.05) is 5.69 Å². The van der Waals surface area contributed by atoms with Crippen LogP contribution in [0.15, 0.2) is 24.3 Å². The molecule has 104 valence electrons. The zero-order chi connectivity index (χ0) is 14.9. The number of H-pyrrole nitrogens is 1. The van der Waals surface area contributed by atoms with E-state index in [1.165, 1.54) is 24.3 Å². The molecule has 1 amide bonds. The van der Waals surface area contributed by atoms with Gasteiger partial charge in [-0.3, -0.25) is 4.79 Å². The second-order valence-electron chi connectivity index (χ2n) is 4.13. The summed E-state index contributed by atoms with van der Waals surface area (Å²) < 4.78 is 0. The first-order chi connectivity index (χ1) is 9.38. The molecular weight excluding hydrogens is 303 g/mol. The van der Waals surface area contributed by atoms with Gasteiger partial charge >= 0.3 is 5.97 Å². The van der Waals surface area contributed by atoms with Crippen molar-refractivity contribution in [2.75, 3.05) is 5.32 Å². The Kier molecular flexibility index (Phi) is 4.01. The van der Waals surface area contributed by atoms with E-state index in [0.717, 1.165) is 0 Å². The Morgan fingerprint density at radius 2 is 1.95 bits per heavy atom. The van der Waals surface area contributed by atoms with Gasteiger partial charge in [-0.25, -0.2) is 4.79 Å². The number of rotatable bonds is 3. The van der Waals surface area contributed by atoms with Crippen molar-refractivity contribution in [3.8, 4) is 0 Å². The third-order valence-corrected chi connectivity index (χ3v) is 3.38. The molecule has 0 atom stereocenters. The highest BCUT2D eigenvalue weighted by atomic mass is 35.5. The van der Waals surface area contributed by atoms with E-state index in [-0.39, 0.29) is 21.4 Å². The number of aryl methyl sites for hydroxylation is 1. The highest BCUT2D eigenvalue weighted by Crippen LogP contribution is 2.23. The number of carboxylic acids is 1. The van der Waals surface area contributed by atoms with Crippen molar-refractivity contribution in [1.82, 2.24) is 4.98 Å². The van der Waals surface area contributed by atoms with Crippen molar-refractivity contribution in [2.24, 2.45) is 0 Å². The lowest BCUT2D eigenvalue weighted by Gasteiger charge is -2.08. The first kappa shape index (κ1) is 14.4. The summed E-state index contributed by atoms with van der Waals surface area (Å²) in [4.78, 5) is 25.4. The van der Waals surface area contributed by atoms with Crippen LogP contribution in [-0.4, -0.2) is 22.0 Å². The van der Waals surface area contributed by atoms with Crippen molar-refractivity contribution in [1.29, 1.82) is 0 Å². The quantitative estimate of drug-likeness (QED) is 0.810. The molecule has 1 heterocycles. The summed E-state index contributed by atoms with van der Waals surface area (Å²) in [6, 6.07) is 5.84. The number of aromatic carboxylic acids is 1. The van der Waals surface area contributed by atoms with Crippen LogP contribution >= 0.6 is 23.2 Å². The molecule has 0 spiro atoms. The van der Waals surface area contributed by atoms with Crippen molar-refractivity contribution in [3.63, 3.8) is 0 Å². The van der Waals surface area contributed by atoms with E-state index in [4.69, 9.17) is 28.3 Å². The number of aromatic amines is 1. The van der Waals surface area contributed by atoms with E-state index in [2.05, 4.69) is 10.3 Å². The Labute approximate surface area is 124 Å². The van der Waals surface area contributed by atoms with E-state index in [1.807, 2.05) is 0 Å². The number of hydrogen-bond acceptors (Lipinski definition) is 2. The van der Waals surface area contributed by atoms with E-state index in [1.54, 1.807) is 6.92 Å². The lowest BCUT2D eigenvalue weighted by Crippen LogP contribution is -2.13. The SMILES string of the molecule is Cc1cc(C(=O)O)ccc1NC(=O)c1cc(Cl)c(Cl)[nH]1. The van der Waals surface area contributed by atoms with Crippen LogP contribution in [0.3, 0.4) is 0 Å². The topological polar surface area (TPSA) is 82.2 Å². The van der Waals surface area contributed by atoms with Crippen LogP contribution in [0.5, 0.6) is 0 Å². The number of carbonyl (C=O) groups is 2. The molecule has 0 radical (unpaired) electrons. The number of carbonyl (C=O) groups excluding carboxylic acids is 1. The number of amides is 1. The maximum absolute atomic E-state index is 12.0. The van der Waals surface area contributed by atoms with Crippen LogP contribution < -0.4 is 5.32 Å². The second-order valence-corrected chi connectivity index (χ2v) is 4.92. The minimum atomic E-state index is -1.02. The van der Waals surface area contributed by atoms with Crippen LogP contribution in [0.2, 0.25) is 10.2 Å². The van der Waals surface area contributed by atoms with Gasteiger partial charge in [0.25, 0.3) is 5.91 Å². The summed E-state index contributed by atoms with van der Waals surface area (Å²) in [5.41, 5.74) is 1.54. The zero-order valence-electron chi connectivity index (χ0n) is 10.3. The number of carboxylic acid groups (broad SMARTS) is 1. The van der Waals surface area contributed by atoms with Gasteiger partial charge in [0.2, 0.25) is 0 Å². The molecule has 0 bridgehead atoms. The average molecular weight is 313 g/mol. The Hall–Kier alpha value is -1.98. The lowest BCUT2D eigenvalue weighted by atomic mass is 10.1. The number of halogens is 2. The molecule has 0 unspecified atom stereocenters. The summed E-state index contributed by atoms with van der Waals surface area (Å²) in [5.74, 6) is -1.43. The van der Waals surface area contributed by atoms with Crippen LogP contribution in [0.4, 0.5) is 5.69 Å². The van der Waals surface area contributed by atoms with E-state index in [9.17, 15) is 9.59 Å². The fourth-order valence-corrected chi connectivity index (χ4v) is 1.97. The molecule has 0 fully saturated rings. The average Bonchev–Trinajstić information content (AvgIpc) is 2.72. The second kappa shape index (κ2) is 5.56. The van der Waals surface area contributed by atoms with Gasteiger partial charge in [0.1, 0.15) is 10.8 Å². The van der Waals surface area contributed by atoms with Gasteiger partial charge in [0.05, 0.1) is 10.6 Å². The van der Waals surface area contributed by atoms with Gasteiger partial charge in [-0.15, -0.1) is 0 Å². The zero-order valence-corrected chi connectivity index (χ0v) is 11.8. The third-order valence-electron chi connectivity index (χ3n) is 2.69. The standard InChI is InChI=1S/C13H10Cl2N2O3/c1-6-4-7(13(19)20)2-3-9(6)17-12(18)10-5-8(14)11(15)16-10/h2-5,16H,1H3,(H,17,18)(H,19,20). The maximum Gasteiger partial charge on any atom is 0.335 e. The normalized spacial score (nSPS) is 10.3. The van der Waals surface area contributed by atoms with Crippen molar-refractivity contribution in [3.05, 3.63) is 51.3 Å². The van der Waals surface area contributed by atoms with Gasteiger partial charge in [-0.05, 0) is 36.8 Å². The summed E-state index contributed by atoms with van der Waals surface area (Å²) in [6.07, 6.45) is 0. The molecule has 1 aromatic heterocycles. The van der Waals surface area contributed by atoms with Crippen LogP contribution in [0.1, 0.15) is 26.4 Å². The minimum Gasteiger partial charge on any atom is -0.478 e. The first-order valence-electron chi connectivity index (χ1n) is 5.58. The molecule has 5 nitrogen and oxygen atoms in total. The third kappa shape index (κ3) is 2.95. The monoisotopic (exact) mass is 312 g/mol. The fourth-order valence-electron chi connectivity index (χ4n) is 1.65. The number of nitrogens with one attached hydrogen (secondary N) is 2. The molecule has 2 aromatic rings. The van der Waals surface area contributed by atoms with Crippen molar-refractivity contribution >= 4 is 40.8 Å². The van der Waals surface area contributed by atoms with E-state index in [0.29, 0.717) is 11.3 Å². The van der Waals surface area contributed by atoms with Crippen LogP contribution in [0.25, 0.3) is 0 Å². The Bertz CT molecular complexity index is 675. The molecule has 3 N–H and O–H groups in total. The molecule has 0 saturated heterocycles. The fraction of sp³-hybridized carbons (Fsp3) is 0.0769. The molecule has 20 heavy (non-hydrogen) atoms. The number of aromatic nitrogens is 1. The molecule has 0 aliphatic carbocycles. The van der Waals surface area contributed by atoms with E-state index < -0.39 is 11.9 Å². The van der Waals surface area contributed by atoms with Gasteiger partial charge in [-0.2, -0.15) is 0 Å². The van der Waals surface area contributed by atoms with E-state index >= 15 is 0 Å². The summed E-state index contributed by atoms with van der Waals surface area (Å²) in [5, 5.41) is 12.0. The van der Waals surface area contributed by atoms with Crippen molar-refractivity contribution in [2.45, 2.75) is 6.92 Å². The molecular formula is C13H10Cl2N2O3. The Balaban J connectivity index is 2.21. The molecule has 1 aromatic carbocycles. The summed E-state index contributed by atoms with van der Waals surface area (Å²) >= 11 is 11.5. The molecule has 0 aliphatic heterocycles. The molecule has 2 rings (SSSR count). The summed E-state index contributed by atoms with van der Waals surface area (Å²) in [7, 11) is 0. The maximum atomic E-state index is 12.0. The van der Waals surface area contributed by atoms with Crippen molar-refractivity contribution < 1.29 is 14.7 Å². The number of hydrogen-bond donors (Lipinski definition) is 3. The molecule has 0 aliphatic rings. The summed E-state index contributed by atoms with van der Waals surface area (Å²) in [6.45, 7) is 1.71. The van der Waals surface area contributed by atoms with Gasteiger partial charge in [0.15, 0.2) is 0 Å². The molecule has 7 heteroatoms. The predicted molar refractivity (Wildman–Crippen MR) is 76.9 cm³/mol. The highest BCUT2D eigenvalue weighted by Gasteiger charge is 2.13. The smallest absolute Gasteiger partial charge is 0.335 e. The minimum absolute atomic E-state index is 0.159. The lowest BCUT2D eigenvalue weighted by molar-refractivity contribution is 0.0696. The van der Waals surface area contributed by atoms with Gasteiger partial charge in [-0.1, -0.05) is 23.2 Å². The largest absolute Gasteiger partial charge is 0.478 e. The Morgan fingerprint density at radius 3 is 2.45 bits per heavy atom. The molecule has 0 saturated carbocycles. The number of benzene rings is 1. The van der Waals surface area contributed by atoms with Crippen LogP contribution in [0, 0.1) is 6.92 Å². The Morgan fingerprint density at radius 1 is 1.25 bits per heavy atom.